The average molecular weight is 355 g/mol. The van der Waals surface area contributed by atoms with Crippen LogP contribution >= 0.6 is 0 Å². The lowest BCUT2D eigenvalue weighted by atomic mass is 9.97. The zero-order chi connectivity index (χ0) is 18.9. The molecule has 0 radical (unpaired) electrons. The van der Waals surface area contributed by atoms with Gasteiger partial charge in [0.25, 0.3) is 0 Å². The maximum absolute atomic E-state index is 11.5. The summed E-state index contributed by atoms with van der Waals surface area (Å²) in [6, 6.07) is 0. The van der Waals surface area contributed by atoms with Crippen LogP contribution in [0.3, 0.4) is 0 Å². The fourth-order valence-electron chi connectivity index (χ4n) is 2.89. The molecule has 25 heavy (non-hydrogen) atoms. The number of aliphatic hydroxyl groups excluding tert-OH is 1. The Morgan fingerprint density at radius 2 is 1.60 bits per heavy atom. The number of esters is 1. The summed E-state index contributed by atoms with van der Waals surface area (Å²) in [5.41, 5.74) is 0. The maximum atomic E-state index is 11.5. The molecule has 0 aromatic carbocycles. The first-order valence-electron chi connectivity index (χ1n) is 9.94. The molecule has 4 heteroatoms. The van der Waals surface area contributed by atoms with Crippen LogP contribution in [0.5, 0.6) is 0 Å². The maximum Gasteiger partial charge on any atom is 0.316 e. The molecule has 0 fully saturated rings. The van der Waals surface area contributed by atoms with Crippen molar-refractivity contribution in [2.24, 2.45) is 5.92 Å². The van der Waals surface area contributed by atoms with E-state index in [9.17, 15) is 14.7 Å². The standard InChI is InChI=1S/C21H38O4/c1-4-5-6-12-15-19(23)16-13-10-8-7-9-11-14-17-20(18(2)22)21(24)25-3/h10,13,19-20,23H,4-9,11-12,14-17H2,1-3H3/t19-,20?/m1/s1. The van der Waals surface area contributed by atoms with Crippen molar-refractivity contribution in [3.8, 4) is 0 Å². The molecule has 0 aliphatic heterocycles. The Balaban J connectivity index is 3.59. The summed E-state index contributed by atoms with van der Waals surface area (Å²) < 4.78 is 4.66. The second kappa shape index (κ2) is 16.3. The van der Waals surface area contributed by atoms with Gasteiger partial charge in [-0.3, -0.25) is 9.59 Å². The molecule has 146 valence electrons. The van der Waals surface area contributed by atoms with Crippen molar-refractivity contribution in [1.82, 2.24) is 0 Å². The third-order valence-corrected chi connectivity index (χ3v) is 4.56. The fraction of sp³-hybridized carbons (Fsp3) is 0.810. The highest BCUT2D eigenvalue weighted by atomic mass is 16.5. The third-order valence-electron chi connectivity index (χ3n) is 4.56. The van der Waals surface area contributed by atoms with E-state index in [1.807, 2.05) is 0 Å². The van der Waals surface area contributed by atoms with Crippen LogP contribution in [0.2, 0.25) is 0 Å². The van der Waals surface area contributed by atoms with Gasteiger partial charge in [-0.1, -0.05) is 64.0 Å². The lowest BCUT2D eigenvalue weighted by molar-refractivity contribution is -0.149. The van der Waals surface area contributed by atoms with Crippen molar-refractivity contribution in [3.63, 3.8) is 0 Å². The Morgan fingerprint density at radius 3 is 2.24 bits per heavy atom. The van der Waals surface area contributed by atoms with E-state index in [1.165, 1.54) is 33.3 Å². The Labute approximate surface area is 154 Å². The first-order valence-corrected chi connectivity index (χ1v) is 9.94. The summed E-state index contributed by atoms with van der Waals surface area (Å²) in [5.74, 6) is -1.12. The Kier molecular flexibility index (Phi) is 15.6. The zero-order valence-electron chi connectivity index (χ0n) is 16.5. The molecule has 0 spiro atoms. The van der Waals surface area contributed by atoms with Crippen molar-refractivity contribution in [3.05, 3.63) is 12.2 Å². The van der Waals surface area contributed by atoms with Crippen molar-refractivity contribution >= 4 is 11.8 Å². The van der Waals surface area contributed by atoms with E-state index in [0.29, 0.717) is 6.42 Å². The van der Waals surface area contributed by atoms with Crippen LogP contribution < -0.4 is 0 Å². The molecule has 0 aromatic rings. The minimum atomic E-state index is -0.594. The van der Waals surface area contributed by atoms with Gasteiger partial charge < -0.3 is 9.84 Å². The van der Waals surface area contributed by atoms with E-state index in [2.05, 4.69) is 23.8 Å². The second-order valence-corrected chi connectivity index (χ2v) is 6.89. The number of methoxy groups -OCH3 is 1. The van der Waals surface area contributed by atoms with Gasteiger partial charge in [0, 0.05) is 0 Å². The molecule has 0 aliphatic rings. The van der Waals surface area contributed by atoms with E-state index in [-0.39, 0.29) is 11.9 Å². The van der Waals surface area contributed by atoms with Gasteiger partial charge in [0.05, 0.1) is 13.2 Å². The average Bonchev–Trinajstić information content (AvgIpc) is 2.59. The van der Waals surface area contributed by atoms with Gasteiger partial charge in [0.15, 0.2) is 0 Å². The first kappa shape index (κ1) is 23.8. The summed E-state index contributed by atoms with van der Waals surface area (Å²) >= 11 is 0. The highest BCUT2D eigenvalue weighted by molar-refractivity contribution is 5.97. The molecule has 0 saturated carbocycles. The van der Waals surface area contributed by atoms with Crippen LogP contribution in [0.25, 0.3) is 0 Å². The van der Waals surface area contributed by atoms with Crippen LogP contribution in [-0.2, 0) is 14.3 Å². The Hall–Kier alpha value is -1.16. The van der Waals surface area contributed by atoms with Gasteiger partial charge in [-0.25, -0.2) is 0 Å². The highest BCUT2D eigenvalue weighted by Crippen LogP contribution is 2.14. The van der Waals surface area contributed by atoms with Gasteiger partial charge in [-0.05, 0) is 39.0 Å². The van der Waals surface area contributed by atoms with Gasteiger partial charge in [-0.15, -0.1) is 0 Å². The first-order chi connectivity index (χ1) is 12.0. The van der Waals surface area contributed by atoms with Gasteiger partial charge in [0.1, 0.15) is 11.7 Å². The van der Waals surface area contributed by atoms with Crippen LogP contribution in [0, 0.1) is 5.92 Å². The van der Waals surface area contributed by atoms with Crippen LogP contribution in [0.15, 0.2) is 12.2 Å². The van der Waals surface area contributed by atoms with Crippen molar-refractivity contribution in [1.29, 1.82) is 0 Å². The van der Waals surface area contributed by atoms with Gasteiger partial charge in [-0.2, -0.15) is 0 Å². The molecule has 0 heterocycles. The van der Waals surface area contributed by atoms with Crippen LogP contribution in [0.4, 0.5) is 0 Å². The number of allylic oxidation sites excluding steroid dienone is 1. The zero-order valence-corrected chi connectivity index (χ0v) is 16.5. The van der Waals surface area contributed by atoms with E-state index in [1.54, 1.807) is 0 Å². The summed E-state index contributed by atoms with van der Waals surface area (Å²) in [4.78, 5) is 22.9. The number of ether oxygens (including phenoxy) is 1. The largest absolute Gasteiger partial charge is 0.468 e. The van der Waals surface area contributed by atoms with Crippen LogP contribution in [-0.4, -0.2) is 30.1 Å². The molecule has 0 bridgehead atoms. The molecular weight excluding hydrogens is 316 g/mol. The van der Waals surface area contributed by atoms with E-state index in [4.69, 9.17) is 0 Å². The Morgan fingerprint density at radius 1 is 0.960 bits per heavy atom. The Bertz CT molecular complexity index is 376. The molecule has 0 amide bonds. The van der Waals surface area contributed by atoms with Crippen molar-refractivity contribution < 1.29 is 19.4 Å². The lowest BCUT2D eigenvalue weighted by Gasteiger charge is -2.10. The molecule has 4 nitrogen and oxygen atoms in total. The number of rotatable bonds is 16. The SMILES string of the molecule is CCCCCC[C@@H](O)CC=CCCCCCCC(C(C)=O)C(=O)OC. The van der Waals surface area contributed by atoms with E-state index < -0.39 is 11.9 Å². The number of carbonyl (C=O) groups is 2. The second-order valence-electron chi connectivity index (χ2n) is 6.89. The normalized spacial score (nSPS) is 13.8. The van der Waals surface area contributed by atoms with Crippen molar-refractivity contribution in [2.75, 3.05) is 7.11 Å². The van der Waals surface area contributed by atoms with Gasteiger partial charge in [0.2, 0.25) is 0 Å². The van der Waals surface area contributed by atoms with Gasteiger partial charge >= 0.3 is 5.97 Å². The monoisotopic (exact) mass is 354 g/mol. The number of hydrogen-bond acceptors (Lipinski definition) is 4. The molecule has 1 N–H and O–H groups in total. The molecule has 0 saturated heterocycles. The third kappa shape index (κ3) is 13.8. The number of unbranched alkanes of at least 4 members (excludes halogenated alkanes) is 7. The van der Waals surface area contributed by atoms with Crippen molar-refractivity contribution in [2.45, 2.75) is 97.0 Å². The number of carbonyl (C=O) groups excluding carboxylic acids is 2. The number of hydrogen-bond donors (Lipinski definition) is 1. The van der Waals surface area contributed by atoms with E-state index >= 15 is 0 Å². The topological polar surface area (TPSA) is 63.6 Å². The molecule has 0 rings (SSSR count). The minimum absolute atomic E-state index is 0.108. The molecule has 0 aliphatic carbocycles. The minimum Gasteiger partial charge on any atom is -0.468 e. The fourth-order valence-corrected chi connectivity index (χ4v) is 2.89. The smallest absolute Gasteiger partial charge is 0.316 e. The lowest BCUT2D eigenvalue weighted by Crippen LogP contribution is -2.23. The number of Topliss-reactive ketones (excluding diaryl/α,β-unsaturated/α-hetero) is 1. The molecular formula is C21H38O4. The highest BCUT2D eigenvalue weighted by Gasteiger charge is 2.23. The predicted molar refractivity (Wildman–Crippen MR) is 102 cm³/mol. The number of ketones is 1. The summed E-state index contributed by atoms with van der Waals surface area (Å²) in [6.07, 6.45) is 16.2. The number of aliphatic hydroxyl groups is 1. The molecule has 1 unspecified atom stereocenters. The summed E-state index contributed by atoms with van der Waals surface area (Å²) in [6.45, 7) is 3.64. The summed E-state index contributed by atoms with van der Waals surface area (Å²) in [5, 5.41) is 9.87. The predicted octanol–water partition coefficient (Wildman–Crippen LogP) is 4.98. The van der Waals surface area contributed by atoms with Crippen LogP contribution in [0.1, 0.15) is 90.9 Å². The van der Waals surface area contributed by atoms with E-state index in [0.717, 1.165) is 51.4 Å². The summed E-state index contributed by atoms with van der Waals surface area (Å²) in [7, 11) is 1.33. The molecule has 0 aromatic heterocycles. The quantitative estimate of drug-likeness (QED) is 0.184. The molecule has 2 atom stereocenters.